The number of piperidine rings is 1. The van der Waals surface area contributed by atoms with Gasteiger partial charge >= 0.3 is 0 Å². The van der Waals surface area contributed by atoms with Crippen molar-refractivity contribution in [3.8, 4) is 0 Å². The van der Waals surface area contributed by atoms with Gasteiger partial charge in [-0.2, -0.15) is 0 Å². The van der Waals surface area contributed by atoms with E-state index in [1.54, 1.807) is 0 Å². The molecule has 1 aromatic rings. The molecule has 3 unspecified atom stereocenters. The highest BCUT2D eigenvalue weighted by atomic mass is 15.2. The summed E-state index contributed by atoms with van der Waals surface area (Å²) in [7, 11) is 0. The van der Waals surface area contributed by atoms with Gasteiger partial charge in [0.1, 0.15) is 0 Å². The van der Waals surface area contributed by atoms with Crippen LogP contribution in [-0.2, 0) is 6.54 Å². The van der Waals surface area contributed by atoms with Crippen molar-refractivity contribution in [2.75, 3.05) is 13.1 Å². The average Bonchev–Trinajstić information content (AvgIpc) is 2.41. The first-order valence-corrected chi connectivity index (χ1v) is 7.65. The SMILES string of the molecule is CCNC1CCN(Cc2ccccc2C)C(C)C1C. The number of aryl methyl sites for hydroxylation is 1. The second-order valence-corrected chi connectivity index (χ2v) is 5.95. The number of benzene rings is 1. The van der Waals surface area contributed by atoms with Crippen LogP contribution in [0.4, 0.5) is 0 Å². The third-order valence-corrected chi connectivity index (χ3v) is 4.80. The Morgan fingerprint density at radius 1 is 1.26 bits per heavy atom. The summed E-state index contributed by atoms with van der Waals surface area (Å²) >= 11 is 0. The Morgan fingerprint density at radius 3 is 2.68 bits per heavy atom. The van der Waals surface area contributed by atoms with E-state index in [9.17, 15) is 0 Å². The maximum atomic E-state index is 3.63. The lowest BCUT2D eigenvalue weighted by atomic mass is 9.86. The average molecular weight is 260 g/mol. The fourth-order valence-electron chi connectivity index (χ4n) is 3.22. The summed E-state index contributed by atoms with van der Waals surface area (Å²) in [6, 6.07) is 10.1. The Bertz CT molecular complexity index is 402. The summed E-state index contributed by atoms with van der Waals surface area (Å²) in [5, 5.41) is 3.63. The van der Waals surface area contributed by atoms with E-state index in [4.69, 9.17) is 0 Å². The molecule has 1 saturated heterocycles. The van der Waals surface area contributed by atoms with Gasteiger partial charge in [-0.25, -0.2) is 0 Å². The van der Waals surface area contributed by atoms with E-state index in [1.165, 1.54) is 24.1 Å². The van der Waals surface area contributed by atoms with E-state index in [1.807, 2.05) is 0 Å². The Morgan fingerprint density at radius 2 is 2.00 bits per heavy atom. The van der Waals surface area contributed by atoms with E-state index >= 15 is 0 Å². The standard InChI is InChI=1S/C17H28N2/c1-5-18-17-10-11-19(15(4)14(17)3)12-16-9-7-6-8-13(16)2/h6-9,14-15,17-18H,5,10-12H2,1-4H3. The van der Waals surface area contributed by atoms with E-state index in [2.05, 4.69) is 62.2 Å². The van der Waals surface area contributed by atoms with Crippen LogP contribution in [-0.4, -0.2) is 30.1 Å². The summed E-state index contributed by atoms with van der Waals surface area (Å²) in [4.78, 5) is 2.64. The monoisotopic (exact) mass is 260 g/mol. The summed E-state index contributed by atoms with van der Waals surface area (Å²) in [6.07, 6.45) is 1.27. The van der Waals surface area contributed by atoms with Gasteiger partial charge in [0.15, 0.2) is 0 Å². The van der Waals surface area contributed by atoms with Gasteiger partial charge in [-0.1, -0.05) is 38.1 Å². The first-order chi connectivity index (χ1) is 9.13. The molecular formula is C17H28N2. The predicted octanol–water partition coefficient (Wildman–Crippen LogP) is 3.20. The van der Waals surface area contributed by atoms with Crippen molar-refractivity contribution >= 4 is 0 Å². The van der Waals surface area contributed by atoms with E-state index in [0.717, 1.165) is 19.0 Å². The molecule has 2 heteroatoms. The fraction of sp³-hybridized carbons (Fsp3) is 0.647. The normalized spacial score (nSPS) is 28.5. The summed E-state index contributed by atoms with van der Waals surface area (Å²) in [6.45, 7) is 12.6. The molecule has 0 radical (unpaired) electrons. The van der Waals surface area contributed by atoms with Crippen molar-refractivity contribution in [1.82, 2.24) is 10.2 Å². The zero-order chi connectivity index (χ0) is 13.8. The first-order valence-electron chi connectivity index (χ1n) is 7.65. The molecule has 0 spiro atoms. The molecule has 1 heterocycles. The largest absolute Gasteiger partial charge is 0.314 e. The highest BCUT2D eigenvalue weighted by Crippen LogP contribution is 2.25. The van der Waals surface area contributed by atoms with Crippen LogP contribution in [0, 0.1) is 12.8 Å². The highest BCUT2D eigenvalue weighted by Gasteiger charge is 2.31. The van der Waals surface area contributed by atoms with Crippen molar-refractivity contribution in [2.45, 2.75) is 52.7 Å². The molecule has 1 N–H and O–H groups in total. The number of rotatable bonds is 4. The quantitative estimate of drug-likeness (QED) is 0.894. The van der Waals surface area contributed by atoms with Gasteiger partial charge in [-0.15, -0.1) is 0 Å². The smallest absolute Gasteiger partial charge is 0.0239 e. The van der Waals surface area contributed by atoms with Crippen LogP contribution < -0.4 is 5.32 Å². The molecule has 2 rings (SSSR count). The molecule has 1 aliphatic rings. The van der Waals surface area contributed by atoms with E-state index in [-0.39, 0.29) is 0 Å². The molecule has 1 fully saturated rings. The molecule has 0 bridgehead atoms. The molecule has 0 aromatic heterocycles. The maximum Gasteiger partial charge on any atom is 0.0239 e. The van der Waals surface area contributed by atoms with Gasteiger partial charge in [0.2, 0.25) is 0 Å². The van der Waals surface area contributed by atoms with Crippen LogP contribution in [0.25, 0.3) is 0 Å². The van der Waals surface area contributed by atoms with Gasteiger partial charge in [0.05, 0.1) is 0 Å². The van der Waals surface area contributed by atoms with Crippen LogP contribution in [0.3, 0.4) is 0 Å². The van der Waals surface area contributed by atoms with Gasteiger partial charge < -0.3 is 5.32 Å². The van der Waals surface area contributed by atoms with Gasteiger partial charge in [0, 0.05) is 25.2 Å². The second-order valence-electron chi connectivity index (χ2n) is 5.95. The second kappa shape index (κ2) is 6.53. The topological polar surface area (TPSA) is 15.3 Å². The van der Waals surface area contributed by atoms with Crippen LogP contribution in [0.5, 0.6) is 0 Å². The zero-order valence-electron chi connectivity index (χ0n) is 12.8. The number of likely N-dealkylation sites (tertiary alicyclic amines) is 1. The van der Waals surface area contributed by atoms with Crippen LogP contribution >= 0.6 is 0 Å². The summed E-state index contributed by atoms with van der Waals surface area (Å²) in [5.74, 6) is 0.720. The Balaban J connectivity index is 2.01. The zero-order valence-corrected chi connectivity index (χ0v) is 12.8. The minimum atomic E-state index is 0.650. The van der Waals surface area contributed by atoms with Crippen molar-refractivity contribution in [3.63, 3.8) is 0 Å². The van der Waals surface area contributed by atoms with Gasteiger partial charge in [0.25, 0.3) is 0 Å². The summed E-state index contributed by atoms with van der Waals surface area (Å²) < 4.78 is 0. The lowest BCUT2D eigenvalue weighted by Crippen LogP contribution is -2.52. The molecular weight excluding hydrogens is 232 g/mol. The molecule has 1 aromatic carbocycles. The molecule has 0 saturated carbocycles. The number of hydrogen-bond donors (Lipinski definition) is 1. The Labute approximate surface area is 118 Å². The van der Waals surface area contributed by atoms with E-state index in [0.29, 0.717) is 12.1 Å². The minimum Gasteiger partial charge on any atom is -0.314 e. The van der Waals surface area contributed by atoms with Gasteiger partial charge in [-0.05, 0) is 43.9 Å². The molecule has 1 aliphatic heterocycles. The van der Waals surface area contributed by atoms with Crippen LogP contribution in [0.15, 0.2) is 24.3 Å². The van der Waals surface area contributed by atoms with Crippen molar-refractivity contribution in [1.29, 1.82) is 0 Å². The molecule has 106 valence electrons. The predicted molar refractivity (Wildman–Crippen MR) is 82.3 cm³/mol. The Kier molecular flexibility index (Phi) is 5.00. The van der Waals surface area contributed by atoms with E-state index < -0.39 is 0 Å². The highest BCUT2D eigenvalue weighted by molar-refractivity contribution is 5.25. The Hall–Kier alpha value is -0.860. The molecule has 3 atom stereocenters. The lowest BCUT2D eigenvalue weighted by molar-refractivity contribution is 0.0789. The van der Waals surface area contributed by atoms with Crippen LogP contribution in [0.1, 0.15) is 38.3 Å². The van der Waals surface area contributed by atoms with Gasteiger partial charge in [-0.3, -0.25) is 4.90 Å². The first kappa shape index (κ1) is 14.5. The molecule has 0 aliphatic carbocycles. The third kappa shape index (κ3) is 3.37. The third-order valence-electron chi connectivity index (χ3n) is 4.80. The fourth-order valence-corrected chi connectivity index (χ4v) is 3.22. The van der Waals surface area contributed by atoms with Crippen molar-refractivity contribution < 1.29 is 0 Å². The molecule has 2 nitrogen and oxygen atoms in total. The molecule has 19 heavy (non-hydrogen) atoms. The number of nitrogens with one attached hydrogen (secondary N) is 1. The number of hydrogen-bond acceptors (Lipinski definition) is 2. The van der Waals surface area contributed by atoms with Crippen molar-refractivity contribution in [3.05, 3.63) is 35.4 Å². The van der Waals surface area contributed by atoms with Crippen LogP contribution in [0.2, 0.25) is 0 Å². The van der Waals surface area contributed by atoms with Crippen molar-refractivity contribution in [2.24, 2.45) is 5.92 Å². The number of nitrogens with zero attached hydrogens (tertiary/aromatic N) is 1. The maximum absolute atomic E-state index is 3.63. The minimum absolute atomic E-state index is 0.650. The molecule has 0 amide bonds. The summed E-state index contributed by atoms with van der Waals surface area (Å²) in [5.41, 5.74) is 2.89. The lowest BCUT2D eigenvalue weighted by Gasteiger charge is -2.43.